The predicted octanol–water partition coefficient (Wildman–Crippen LogP) is 4.49. The number of carbonyl (C=O) groups excluding carboxylic acids is 1. The Kier molecular flexibility index (Phi) is 3.02. The molecule has 1 saturated carbocycles. The van der Waals surface area contributed by atoms with Gasteiger partial charge in [0, 0.05) is 16.9 Å². The van der Waals surface area contributed by atoms with Crippen LogP contribution in [0.5, 0.6) is 11.5 Å². The largest absolute Gasteiger partial charge is 0.451 e. The van der Waals surface area contributed by atoms with Crippen LogP contribution < -0.4 is 15.8 Å². The topological polar surface area (TPSA) is 64.3 Å². The fourth-order valence-corrected chi connectivity index (χ4v) is 3.53. The highest BCUT2D eigenvalue weighted by Gasteiger charge is 2.58. The molecule has 23 heavy (non-hydrogen) atoms. The molecule has 1 fully saturated rings. The SMILES string of the molecule is Nc1cc(Cl)c(Oc2ccc3c(c2F)C2(CC2)C(=O)N3)c(Cl)c1. The summed E-state index contributed by atoms with van der Waals surface area (Å²) >= 11 is 12.1. The van der Waals surface area contributed by atoms with Crippen LogP contribution in [0.15, 0.2) is 24.3 Å². The van der Waals surface area contributed by atoms with Gasteiger partial charge in [0.2, 0.25) is 5.91 Å². The predicted molar refractivity (Wildman–Crippen MR) is 86.9 cm³/mol. The lowest BCUT2D eigenvalue weighted by Gasteiger charge is -2.14. The first kappa shape index (κ1) is 14.6. The molecule has 3 N–H and O–H groups in total. The number of nitrogens with two attached hydrogens (primary N) is 1. The number of amides is 1. The highest BCUT2D eigenvalue weighted by atomic mass is 35.5. The van der Waals surface area contributed by atoms with Crippen LogP contribution in [0.25, 0.3) is 0 Å². The zero-order chi connectivity index (χ0) is 16.4. The average molecular weight is 353 g/mol. The van der Waals surface area contributed by atoms with Crippen molar-refractivity contribution >= 4 is 40.5 Å². The van der Waals surface area contributed by atoms with Gasteiger partial charge in [-0.05, 0) is 37.1 Å². The van der Waals surface area contributed by atoms with Gasteiger partial charge in [-0.3, -0.25) is 4.79 Å². The van der Waals surface area contributed by atoms with Crippen molar-refractivity contribution < 1.29 is 13.9 Å². The number of anilines is 2. The van der Waals surface area contributed by atoms with E-state index in [-0.39, 0.29) is 27.5 Å². The van der Waals surface area contributed by atoms with Gasteiger partial charge in [0.25, 0.3) is 0 Å². The van der Waals surface area contributed by atoms with E-state index in [0.717, 1.165) is 0 Å². The van der Waals surface area contributed by atoms with Crippen molar-refractivity contribution in [2.24, 2.45) is 0 Å². The van der Waals surface area contributed by atoms with Gasteiger partial charge in [-0.1, -0.05) is 23.2 Å². The molecule has 1 amide bonds. The van der Waals surface area contributed by atoms with Crippen LogP contribution in [0.1, 0.15) is 18.4 Å². The minimum absolute atomic E-state index is 0.0277. The van der Waals surface area contributed by atoms with Crippen LogP contribution in [-0.4, -0.2) is 5.91 Å². The summed E-state index contributed by atoms with van der Waals surface area (Å²) in [4.78, 5) is 12.0. The fraction of sp³-hybridized carbons (Fsp3) is 0.188. The standard InChI is InChI=1S/C16H11Cl2FN2O2/c17-8-5-7(20)6-9(18)14(8)23-11-2-1-10-12(13(11)19)16(3-4-16)15(22)21-10/h1-2,5-6H,3-4,20H2,(H,21,22). The van der Waals surface area contributed by atoms with Crippen LogP contribution in [0, 0.1) is 5.82 Å². The van der Waals surface area contributed by atoms with E-state index in [4.69, 9.17) is 33.7 Å². The van der Waals surface area contributed by atoms with E-state index < -0.39 is 11.2 Å². The zero-order valence-electron chi connectivity index (χ0n) is 11.8. The fourth-order valence-electron chi connectivity index (χ4n) is 2.95. The number of hydrogen-bond donors (Lipinski definition) is 2. The van der Waals surface area contributed by atoms with E-state index in [0.29, 0.717) is 29.8 Å². The summed E-state index contributed by atoms with van der Waals surface area (Å²) in [6, 6.07) is 6.01. The molecule has 0 saturated heterocycles. The zero-order valence-corrected chi connectivity index (χ0v) is 13.3. The maximum absolute atomic E-state index is 14.9. The summed E-state index contributed by atoms with van der Waals surface area (Å²) in [5, 5.41) is 3.08. The number of hydrogen-bond acceptors (Lipinski definition) is 3. The van der Waals surface area contributed by atoms with Gasteiger partial charge in [0.05, 0.1) is 15.5 Å². The molecule has 2 aliphatic rings. The lowest BCUT2D eigenvalue weighted by Crippen LogP contribution is -2.19. The number of nitrogens with one attached hydrogen (secondary N) is 1. The highest BCUT2D eigenvalue weighted by molar-refractivity contribution is 6.37. The first-order chi connectivity index (χ1) is 10.9. The Balaban J connectivity index is 1.78. The molecule has 0 unspecified atom stereocenters. The lowest BCUT2D eigenvalue weighted by atomic mass is 9.97. The quantitative estimate of drug-likeness (QED) is 0.782. The molecule has 1 spiro atoms. The first-order valence-electron chi connectivity index (χ1n) is 6.99. The number of fused-ring (bicyclic) bond motifs is 2. The molecule has 1 heterocycles. The molecule has 7 heteroatoms. The van der Waals surface area contributed by atoms with Gasteiger partial charge < -0.3 is 15.8 Å². The molecule has 2 aromatic carbocycles. The Hall–Kier alpha value is -1.98. The molecule has 0 bridgehead atoms. The Bertz CT molecular complexity index is 842. The monoisotopic (exact) mass is 352 g/mol. The summed E-state index contributed by atoms with van der Waals surface area (Å²) in [5.41, 5.74) is 6.14. The van der Waals surface area contributed by atoms with Gasteiger partial charge in [-0.15, -0.1) is 0 Å². The number of ether oxygens (including phenoxy) is 1. The van der Waals surface area contributed by atoms with Crippen molar-refractivity contribution in [3.05, 3.63) is 45.7 Å². The Morgan fingerprint density at radius 1 is 1.22 bits per heavy atom. The number of rotatable bonds is 2. The van der Waals surface area contributed by atoms with E-state index in [1.54, 1.807) is 6.07 Å². The molecule has 2 aromatic rings. The first-order valence-corrected chi connectivity index (χ1v) is 7.75. The van der Waals surface area contributed by atoms with Crippen molar-refractivity contribution in [3.63, 3.8) is 0 Å². The molecule has 1 aliphatic carbocycles. The molecular weight excluding hydrogens is 342 g/mol. The number of nitrogen functional groups attached to an aromatic ring is 1. The summed E-state index contributed by atoms with van der Waals surface area (Å²) in [7, 11) is 0. The van der Waals surface area contributed by atoms with E-state index in [9.17, 15) is 9.18 Å². The Labute approximate surface area is 141 Å². The van der Waals surface area contributed by atoms with Crippen LogP contribution in [0.3, 0.4) is 0 Å². The molecule has 0 atom stereocenters. The normalized spacial score (nSPS) is 17.1. The molecule has 0 radical (unpaired) electrons. The van der Waals surface area contributed by atoms with Gasteiger partial charge in [-0.2, -0.15) is 0 Å². The maximum Gasteiger partial charge on any atom is 0.235 e. The summed E-state index contributed by atoms with van der Waals surface area (Å²) < 4.78 is 20.5. The third-order valence-electron chi connectivity index (χ3n) is 4.25. The number of halogens is 3. The third kappa shape index (κ3) is 2.07. The highest BCUT2D eigenvalue weighted by Crippen LogP contribution is 2.57. The van der Waals surface area contributed by atoms with E-state index >= 15 is 0 Å². The maximum atomic E-state index is 14.9. The van der Waals surface area contributed by atoms with Crippen LogP contribution >= 0.6 is 23.2 Å². The van der Waals surface area contributed by atoms with Gasteiger partial charge in [0.15, 0.2) is 17.3 Å². The Morgan fingerprint density at radius 2 is 1.87 bits per heavy atom. The van der Waals surface area contributed by atoms with Crippen molar-refractivity contribution in [2.75, 3.05) is 11.1 Å². The van der Waals surface area contributed by atoms with Gasteiger partial charge in [0.1, 0.15) is 0 Å². The molecule has 0 aromatic heterocycles. The Morgan fingerprint density at radius 3 is 2.48 bits per heavy atom. The molecule has 1 aliphatic heterocycles. The van der Waals surface area contributed by atoms with E-state index in [1.807, 2.05) is 0 Å². The minimum atomic E-state index is -0.743. The van der Waals surface area contributed by atoms with Crippen LogP contribution in [0.4, 0.5) is 15.8 Å². The molecule has 118 valence electrons. The smallest absolute Gasteiger partial charge is 0.235 e. The van der Waals surface area contributed by atoms with E-state index in [1.165, 1.54) is 18.2 Å². The van der Waals surface area contributed by atoms with Crippen LogP contribution in [-0.2, 0) is 10.2 Å². The third-order valence-corrected chi connectivity index (χ3v) is 4.81. The second-order valence-electron chi connectivity index (χ2n) is 5.75. The minimum Gasteiger partial charge on any atom is -0.451 e. The van der Waals surface area contributed by atoms with Crippen molar-refractivity contribution in [1.82, 2.24) is 0 Å². The number of carbonyl (C=O) groups is 1. The average Bonchev–Trinajstić information content (AvgIpc) is 3.20. The lowest BCUT2D eigenvalue weighted by molar-refractivity contribution is -0.117. The second-order valence-corrected chi connectivity index (χ2v) is 6.57. The second kappa shape index (κ2) is 4.76. The summed E-state index contributed by atoms with van der Waals surface area (Å²) in [6.45, 7) is 0. The molecular formula is C16H11Cl2FN2O2. The molecule has 4 rings (SSSR count). The number of benzene rings is 2. The van der Waals surface area contributed by atoms with Gasteiger partial charge in [-0.25, -0.2) is 4.39 Å². The van der Waals surface area contributed by atoms with Gasteiger partial charge >= 0.3 is 0 Å². The molecule has 4 nitrogen and oxygen atoms in total. The van der Waals surface area contributed by atoms with Crippen molar-refractivity contribution in [2.45, 2.75) is 18.3 Å². The summed E-state index contributed by atoms with van der Waals surface area (Å²) in [6.07, 6.45) is 1.27. The van der Waals surface area contributed by atoms with Crippen molar-refractivity contribution in [3.8, 4) is 11.5 Å². The van der Waals surface area contributed by atoms with Crippen LogP contribution in [0.2, 0.25) is 10.0 Å². The van der Waals surface area contributed by atoms with Crippen molar-refractivity contribution in [1.29, 1.82) is 0 Å². The summed E-state index contributed by atoms with van der Waals surface area (Å²) in [5.74, 6) is -0.627. The van der Waals surface area contributed by atoms with E-state index in [2.05, 4.69) is 5.32 Å².